The zero-order chi connectivity index (χ0) is 15.8. The molecule has 1 aromatic carbocycles. The second-order valence-electron chi connectivity index (χ2n) is 5.83. The fourth-order valence-corrected chi connectivity index (χ4v) is 2.56. The number of nitrogens with one attached hydrogen (secondary N) is 1. The summed E-state index contributed by atoms with van der Waals surface area (Å²) >= 11 is 0. The van der Waals surface area contributed by atoms with Crippen molar-refractivity contribution in [2.24, 2.45) is 5.92 Å². The Hall–Kier alpha value is -2.28. The molecule has 0 aromatic heterocycles. The smallest absolute Gasteiger partial charge is 0.265 e. The standard InChI is InChI=1S/C18H23N3O/c1-15-8-11-21(12-9-15)18(22)17(13-19)14-20-10-7-16-5-3-2-4-6-16/h2-6,14-15,20H,7-12H2,1H3/b17-14-. The summed E-state index contributed by atoms with van der Waals surface area (Å²) in [4.78, 5) is 14.1. The third kappa shape index (κ3) is 4.63. The van der Waals surface area contributed by atoms with E-state index in [1.54, 1.807) is 11.1 Å². The number of likely N-dealkylation sites (tertiary alicyclic amines) is 1. The Morgan fingerprint density at radius 2 is 2.05 bits per heavy atom. The number of hydrogen-bond acceptors (Lipinski definition) is 3. The number of piperidine rings is 1. The van der Waals surface area contributed by atoms with Gasteiger partial charge in [0.1, 0.15) is 11.6 Å². The largest absolute Gasteiger partial charge is 0.389 e. The van der Waals surface area contributed by atoms with Gasteiger partial charge in [0.15, 0.2) is 0 Å². The van der Waals surface area contributed by atoms with E-state index in [1.807, 2.05) is 24.3 Å². The molecule has 0 bridgehead atoms. The van der Waals surface area contributed by atoms with E-state index in [-0.39, 0.29) is 11.5 Å². The molecule has 4 nitrogen and oxygen atoms in total. The molecule has 0 saturated carbocycles. The van der Waals surface area contributed by atoms with E-state index in [1.165, 1.54) is 5.56 Å². The van der Waals surface area contributed by atoms with Gasteiger partial charge >= 0.3 is 0 Å². The van der Waals surface area contributed by atoms with Crippen LogP contribution in [0, 0.1) is 17.2 Å². The minimum Gasteiger partial charge on any atom is -0.389 e. The SMILES string of the molecule is CC1CCN(C(=O)/C(C#N)=C\NCCc2ccccc2)CC1. The normalized spacial score (nSPS) is 16.2. The van der Waals surface area contributed by atoms with Crippen molar-refractivity contribution in [1.82, 2.24) is 10.2 Å². The van der Waals surface area contributed by atoms with Gasteiger partial charge in [-0.3, -0.25) is 4.79 Å². The van der Waals surface area contributed by atoms with Gasteiger partial charge in [-0.2, -0.15) is 5.26 Å². The lowest BCUT2D eigenvalue weighted by molar-refractivity contribution is -0.128. The first-order chi connectivity index (χ1) is 10.7. The summed E-state index contributed by atoms with van der Waals surface area (Å²) in [5.41, 5.74) is 1.43. The van der Waals surface area contributed by atoms with Gasteiger partial charge in [-0.25, -0.2) is 0 Å². The Morgan fingerprint density at radius 3 is 2.68 bits per heavy atom. The molecule has 0 unspecified atom stereocenters. The molecule has 1 heterocycles. The molecule has 2 rings (SSSR count). The lowest BCUT2D eigenvalue weighted by Gasteiger charge is -2.30. The van der Waals surface area contributed by atoms with Crippen molar-refractivity contribution >= 4 is 5.91 Å². The molecule has 4 heteroatoms. The van der Waals surface area contributed by atoms with E-state index >= 15 is 0 Å². The van der Waals surface area contributed by atoms with Gasteiger partial charge in [-0.05, 0) is 30.7 Å². The van der Waals surface area contributed by atoms with E-state index in [2.05, 4.69) is 24.4 Å². The number of rotatable bonds is 5. The van der Waals surface area contributed by atoms with Crippen LogP contribution in [0.5, 0.6) is 0 Å². The van der Waals surface area contributed by atoms with E-state index in [4.69, 9.17) is 0 Å². The molecule has 116 valence electrons. The molecule has 1 saturated heterocycles. The first-order valence-corrected chi connectivity index (χ1v) is 7.87. The molecule has 1 aliphatic heterocycles. The summed E-state index contributed by atoms with van der Waals surface area (Å²) in [7, 11) is 0. The first-order valence-electron chi connectivity index (χ1n) is 7.87. The van der Waals surface area contributed by atoms with Gasteiger partial charge in [-0.15, -0.1) is 0 Å². The molecule has 1 fully saturated rings. The van der Waals surface area contributed by atoms with Gasteiger partial charge in [-0.1, -0.05) is 37.3 Å². The highest BCUT2D eigenvalue weighted by Gasteiger charge is 2.22. The Labute approximate surface area is 132 Å². The fourth-order valence-electron chi connectivity index (χ4n) is 2.56. The Morgan fingerprint density at radius 1 is 1.36 bits per heavy atom. The summed E-state index contributed by atoms with van der Waals surface area (Å²) in [6.07, 6.45) is 4.46. The number of nitrogens with zero attached hydrogens (tertiary/aromatic N) is 2. The number of hydrogen-bond donors (Lipinski definition) is 1. The quantitative estimate of drug-likeness (QED) is 0.516. The van der Waals surface area contributed by atoms with Gasteiger partial charge < -0.3 is 10.2 Å². The van der Waals surface area contributed by atoms with Crippen molar-refractivity contribution in [2.45, 2.75) is 26.2 Å². The summed E-state index contributed by atoms with van der Waals surface area (Å²) < 4.78 is 0. The monoisotopic (exact) mass is 297 g/mol. The highest BCUT2D eigenvalue weighted by molar-refractivity contribution is 5.97. The second kappa shape index (κ2) is 8.23. The predicted octanol–water partition coefficient (Wildman–Crippen LogP) is 2.48. The van der Waals surface area contributed by atoms with Crippen LogP contribution in [-0.4, -0.2) is 30.4 Å². The summed E-state index contributed by atoms with van der Waals surface area (Å²) in [6.45, 7) is 4.42. The van der Waals surface area contributed by atoms with Gasteiger partial charge in [0.25, 0.3) is 5.91 Å². The van der Waals surface area contributed by atoms with Crippen molar-refractivity contribution < 1.29 is 4.79 Å². The van der Waals surface area contributed by atoms with Crippen LogP contribution in [0.1, 0.15) is 25.3 Å². The van der Waals surface area contributed by atoms with Crippen LogP contribution in [0.3, 0.4) is 0 Å². The maximum atomic E-state index is 12.3. The molecule has 0 atom stereocenters. The molecule has 1 aliphatic rings. The Bertz CT molecular complexity index is 551. The maximum absolute atomic E-state index is 12.3. The molecular weight excluding hydrogens is 274 g/mol. The van der Waals surface area contributed by atoms with E-state index < -0.39 is 0 Å². The van der Waals surface area contributed by atoms with Crippen LogP contribution in [0.25, 0.3) is 0 Å². The first kappa shape index (κ1) is 16.1. The highest BCUT2D eigenvalue weighted by Crippen LogP contribution is 2.17. The van der Waals surface area contributed by atoms with Crippen LogP contribution in [0.2, 0.25) is 0 Å². The molecule has 0 radical (unpaired) electrons. The zero-order valence-corrected chi connectivity index (χ0v) is 13.1. The van der Waals surface area contributed by atoms with E-state index in [9.17, 15) is 10.1 Å². The number of amides is 1. The molecule has 22 heavy (non-hydrogen) atoms. The average molecular weight is 297 g/mol. The molecular formula is C18H23N3O. The van der Waals surface area contributed by atoms with Crippen LogP contribution in [0.4, 0.5) is 0 Å². The predicted molar refractivity (Wildman–Crippen MR) is 86.8 cm³/mol. The third-order valence-corrected chi connectivity index (χ3v) is 4.07. The lowest BCUT2D eigenvalue weighted by Crippen LogP contribution is -2.38. The maximum Gasteiger partial charge on any atom is 0.265 e. The van der Waals surface area contributed by atoms with E-state index in [0.29, 0.717) is 12.5 Å². The summed E-state index contributed by atoms with van der Waals surface area (Å²) in [5.74, 6) is 0.518. The number of nitriles is 1. The van der Waals surface area contributed by atoms with Crippen molar-refractivity contribution in [3.63, 3.8) is 0 Å². The van der Waals surface area contributed by atoms with Crippen molar-refractivity contribution in [1.29, 1.82) is 5.26 Å². The van der Waals surface area contributed by atoms with Gasteiger partial charge in [0.2, 0.25) is 0 Å². The van der Waals surface area contributed by atoms with Gasteiger partial charge in [0, 0.05) is 25.8 Å². The third-order valence-electron chi connectivity index (χ3n) is 4.07. The number of benzene rings is 1. The summed E-state index contributed by atoms with van der Waals surface area (Å²) in [6, 6.07) is 12.2. The van der Waals surface area contributed by atoms with Gasteiger partial charge in [0.05, 0.1) is 0 Å². The zero-order valence-electron chi connectivity index (χ0n) is 13.1. The topological polar surface area (TPSA) is 56.1 Å². The summed E-state index contributed by atoms with van der Waals surface area (Å²) in [5, 5.41) is 12.3. The van der Waals surface area contributed by atoms with Crippen molar-refractivity contribution in [3.8, 4) is 6.07 Å². The Kier molecular flexibility index (Phi) is 6.02. The molecule has 0 spiro atoms. The lowest BCUT2D eigenvalue weighted by atomic mass is 9.99. The fraction of sp³-hybridized carbons (Fsp3) is 0.444. The van der Waals surface area contributed by atoms with E-state index in [0.717, 1.165) is 32.4 Å². The Balaban J connectivity index is 1.82. The number of carbonyl (C=O) groups is 1. The van der Waals surface area contributed by atoms with Crippen LogP contribution in [-0.2, 0) is 11.2 Å². The van der Waals surface area contributed by atoms with Crippen LogP contribution in [0.15, 0.2) is 42.1 Å². The minimum absolute atomic E-state index is 0.151. The second-order valence-corrected chi connectivity index (χ2v) is 5.83. The molecule has 1 N–H and O–H groups in total. The van der Waals surface area contributed by atoms with Crippen molar-refractivity contribution in [2.75, 3.05) is 19.6 Å². The van der Waals surface area contributed by atoms with Crippen LogP contribution < -0.4 is 5.32 Å². The minimum atomic E-state index is -0.151. The van der Waals surface area contributed by atoms with Crippen molar-refractivity contribution in [3.05, 3.63) is 47.7 Å². The molecule has 1 aromatic rings. The van der Waals surface area contributed by atoms with Crippen LogP contribution >= 0.6 is 0 Å². The highest BCUT2D eigenvalue weighted by atomic mass is 16.2. The molecule has 0 aliphatic carbocycles. The number of carbonyl (C=O) groups excluding carboxylic acids is 1. The average Bonchev–Trinajstić information content (AvgIpc) is 2.56. The molecule has 1 amide bonds.